The zero-order valence-corrected chi connectivity index (χ0v) is 12.4. The van der Waals surface area contributed by atoms with E-state index in [2.05, 4.69) is 35.4 Å². The standard InChI is InChI=1S/C14H20FN3S/c1-4-14(5-2,19-3)9-16-13-17-11-7-6-10(15)8-12(11)18-13/h6-8H,4-5,9H2,1-3H3,(H2,16,17,18). The Balaban J connectivity index is 2.13. The van der Waals surface area contributed by atoms with Gasteiger partial charge in [0.1, 0.15) is 5.82 Å². The van der Waals surface area contributed by atoms with Gasteiger partial charge in [0.05, 0.1) is 11.0 Å². The molecule has 0 amide bonds. The number of anilines is 1. The molecule has 2 rings (SSSR count). The molecule has 0 spiro atoms. The van der Waals surface area contributed by atoms with Crippen molar-refractivity contribution in [2.75, 3.05) is 18.1 Å². The number of imidazole rings is 1. The number of nitrogens with zero attached hydrogens (tertiary/aromatic N) is 1. The third-order valence-corrected chi connectivity index (χ3v) is 5.33. The predicted molar refractivity (Wildman–Crippen MR) is 81.4 cm³/mol. The lowest BCUT2D eigenvalue weighted by Crippen LogP contribution is -2.32. The lowest BCUT2D eigenvalue weighted by Gasteiger charge is -2.29. The Morgan fingerprint density at radius 1 is 1.37 bits per heavy atom. The number of thioether (sulfide) groups is 1. The zero-order valence-electron chi connectivity index (χ0n) is 11.6. The molecule has 19 heavy (non-hydrogen) atoms. The van der Waals surface area contributed by atoms with Crippen LogP contribution in [-0.4, -0.2) is 27.5 Å². The molecule has 1 aromatic heterocycles. The van der Waals surface area contributed by atoms with Crippen LogP contribution in [0.1, 0.15) is 26.7 Å². The topological polar surface area (TPSA) is 40.7 Å². The van der Waals surface area contributed by atoms with E-state index >= 15 is 0 Å². The molecule has 0 radical (unpaired) electrons. The highest BCUT2D eigenvalue weighted by atomic mass is 32.2. The van der Waals surface area contributed by atoms with Crippen molar-refractivity contribution in [2.24, 2.45) is 0 Å². The summed E-state index contributed by atoms with van der Waals surface area (Å²) in [6, 6.07) is 4.58. The minimum Gasteiger partial charge on any atom is -0.354 e. The van der Waals surface area contributed by atoms with Gasteiger partial charge in [0.25, 0.3) is 0 Å². The monoisotopic (exact) mass is 281 g/mol. The largest absolute Gasteiger partial charge is 0.354 e. The van der Waals surface area contributed by atoms with Gasteiger partial charge in [0.2, 0.25) is 5.95 Å². The van der Waals surface area contributed by atoms with Gasteiger partial charge in [-0.25, -0.2) is 9.37 Å². The van der Waals surface area contributed by atoms with E-state index in [9.17, 15) is 4.39 Å². The van der Waals surface area contributed by atoms with Gasteiger partial charge in [-0.1, -0.05) is 13.8 Å². The quantitative estimate of drug-likeness (QED) is 0.839. The molecule has 1 heterocycles. The number of aromatic nitrogens is 2. The maximum Gasteiger partial charge on any atom is 0.201 e. The Kier molecular flexibility index (Phi) is 4.34. The maximum atomic E-state index is 13.1. The molecule has 0 unspecified atom stereocenters. The van der Waals surface area contributed by atoms with Crippen molar-refractivity contribution < 1.29 is 4.39 Å². The molecular weight excluding hydrogens is 261 g/mol. The van der Waals surface area contributed by atoms with E-state index in [1.807, 2.05) is 11.8 Å². The van der Waals surface area contributed by atoms with Gasteiger partial charge in [-0.05, 0) is 37.3 Å². The highest BCUT2D eigenvalue weighted by Crippen LogP contribution is 2.30. The minimum absolute atomic E-state index is 0.226. The van der Waals surface area contributed by atoms with E-state index in [0.29, 0.717) is 5.95 Å². The highest BCUT2D eigenvalue weighted by Gasteiger charge is 2.24. The minimum atomic E-state index is -0.247. The molecule has 0 saturated heterocycles. The van der Waals surface area contributed by atoms with Crippen LogP contribution in [0.2, 0.25) is 0 Å². The van der Waals surface area contributed by atoms with Gasteiger partial charge in [0.15, 0.2) is 0 Å². The summed E-state index contributed by atoms with van der Waals surface area (Å²) < 4.78 is 13.3. The number of nitrogens with one attached hydrogen (secondary N) is 2. The Labute approximate surface area is 117 Å². The van der Waals surface area contributed by atoms with E-state index < -0.39 is 0 Å². The van der Waals surface area contributed by atoms with Gasteiger partial charge in [-0.15, -0.1) is 0 Å². The molecule has 0 aliphatic heterocycles. The fourth-order valence-electron chi connectivity index (χ4n) is 2.17. The summed E-state index contributed by atoms with van der Waals surface area (Å²) in [4.78, 5) is 7.53. The second-order valence-corrected chi connectivity index (χ2v) is 5.97. The van der Waals surface area contributed by atoms with Crippen LogP contribution in [0.15, 0.2) is 18.2 Å². The van der Waals surface area contributed by atoms with Crippen LogP contribution in [0.5, 0.6) is 0 Å². The first-order chi connectivity index (χ1) is 9.12. The van der Waals surface area contributed by atoms with Crippen LogP contribution in [0.4, 0.5) is 10.3 Å². The lowest BCUT2D eigenvalue weighted by molar-refractivity contribution is 0.573. The fourth-order valence-corrected chi connectivity index (χ4v) is 2.97. The first-order valence-electron chi connectivity index (χ1n) is 6.57. The smallest absolute Gasteiger partial charge is 0.201 e. The summed E-state index contributed by atoms with van der Waals surface area (Å²) in [6.45, 7) is 5.26. The van der Waals surface area contributed by atoms with Crippen molar-refractivity contribution in [3.8, 4) is 0 Å². The molecule has 0 aliphatic rings. The second-order valence-electron chi connectivity index (χ2n) is 4.69. The van der Waals surface area contributed by atoms with Crippen LogP contribution >= 0.6 is 11.8 Å². The average molecular weight is 281 g/mol. The van der Waals surface area contributed by atoms with E-state index in [0.717, 1.165) is 30.4 Å². The van der Waals surface area contributed by atoms with Gasteiger partial charge in [-0.3, -0.25) is 0 Å². The molecule has 2 N–H and O–H groups in total. The lowest BCUT2D eigenvalue weighted by atomic mass is 10.0. The normalized spacial score (nSPS) is 12.0. The van der Waals surface area contributed by atoms with Crippen LogP contribution < -0.4 is 5.32 Å². The van der Waals surface area contributed by atoms with Crippen molar-refractivity contribution in [2.45, 2.75) is 31.4 Å². The van der Waals surface area contributed by atoms with Crippen molar-refractivity contribution >= 4 is 28.7 Å². The average Bonchev–Trinajstić information content (AvgIpc) is 2.83. The van der Waals surface area contributed by atoms with Gasteiger partial charge in [-0.2, -0.15) is 11.8 Å². The van der Waals surface area contributed by atoms with Crippen LogP contribution in [-0.2, 0) is 0 Å². The molecule has 0 saturated carbocycles. The number of hydrogen-bond acceptors (Lipinski definition) is 3. The number of H-pyrrole nitrogens is 1. The van der Waals surface area contributed by atoms with Gasteiger partial charge >= 0.3 is 0 Å². The van der Waals surface area contributed by atoms with Crippen LogP contribution in [0.3, 0.4) is 0 Å². The second kappa shape index (κ2) is 5.82. The Morgan fingerprint density at radius 2 is 2.11 bits per heavy atom. The summed E-state index contributed by atoms with van der Waals surface area (Å²) in [7, 11) is 0. The third kappa shape index (κ3) is 3.03. The molecule has 5 heteroatoms. The summed E-state index contributed by atoms with van der Waals surface area (Å²) in [5.74, 6) is 0.462. The van der Waals surface area contributed by atoms with Crippen molar-refractivity contribution in [1.29, 1.82) is 0 Å². The molecule has 0 bridgehead atoms. The zero-order chi connectivity index (χ0) is 13.9. The molecule has 0 fully saturated rings. The SMILES string of the molecule is CCC(CC)(CNc1nc2ccc(F)cc2[nH]1)SC. The number of aromatic amines is 1. The number of fused-ring (bicyclic) bond motifs is 1. The van der Waals surface area contributed by atoms with Gasteiger partial charge < -0.3 is 10.3 Å². The van der Waals surface area contributed by atoms with E-state index in [1.54, 1.807) is 6.07 Å². The number of hydrogen-bond donors (Lipinski definition) is 2. The number of rotatable bonds is 6. The summed E-state index contributed by atoms with van der Waals surface area (Å²) in [6.07, 6.45) is 4.35. The molecule has 104 valence electrons. The van der Waals surface area contributed by atoms with Crippen LogP contribution in [0.25, 0.3) is 11.0 Å². The Morgan fingerprint density at radius 3 is 2.74 bits per heavy atom. The Hall–Kier alpha value is -1.23. The molecular formula is C14H20FN3S. The number of halogens is 1. The van der Waals surface area contributed by atoms with Crippen molar-refractivity contribution in [3.05, 3.63) is 24.0 Å². The maximum absolute atomic E-state index is 13.1. The molecule has 2 aromatic rings. The van der Waals surface area contributed by atoms with Gasteiger partial charge in [0, 0.05) is 11.3 Å². The van der Waals surface area contributed by atoms with E-state index in [1.165, 1.54) is 12.1 Å². The number of benzene rings is 1. The van der Waals surface area contributed by atoms with E-state index in [-0.39, 0.29) is 10.6 Å². The van der Waals surface area contributed by atoms with Crippen molar-refractivity contribution in [3.63, 3.8) is 0 Å². The summed E-state index contributed by atoms with van der Waals surface area (Å²) >= 11 is 1.88. The Bertz CT molecular complexity index is 540. The molecule has 1 aromatic carbocycles. The van der Waals surface area contributed by atoms with Crippen molar-refractivity contribution in [1.82, 2.24) is 9.97 Å². The predicted octanol–water partition coefficient (Wildman–Crippen LogP) is 4.04. The molecule has 3 nitrogen and oxygen atoms in total. The third-order valence-electron chi connectivity index (χ3n) is 3.74. The van der Waals surface area contributed by atoms with Crippen LogP contribution in [0, 0.1) is 5.82 Å². The first kappa shape index (κ1) is 14.2. The molecule has 0 aliphatic carbocycles. The first-order valence-corrected chi connectivity index (χ1v) is 7.79. The van der Waals surface area contributed by atoms with E-state index in [4.69, 9.17) is 0 Å². The highest BCUT2D eigenvalue weighted by molar-refractivity contribution is 8.00. The summed E-state index contributed by atoms with van der Waals surface area (Å²) in [5, 5.41) is 3.34. The summed E-state index contributed by atoms with van der Waals surface area (Å²) in [5.41, 5.74) is 1.51. The molecule has 0 atom stereocenters. The fraction of sp³-hybridized carbons (Fsp3) is 0.500.